The van der Waals surface area contributed by atoms with Crippen molar-refractivity contribution in [3.05, 3.63) is 36.7 Å². The first kappa shape index (κ1) is 27.6. The maximum atomic E-state index is 12.5. The highest BCUT2D eigenvalue weighted by molar-refractivity contribution is 5.81. The van der Waals surface area contributed by atoms with Crippen molar-refractivity contribution in [3.63, 3.8) is 0 Å². The van der Waals surface area contributed by atoms with E-state index in [1.807, 2.05) is 4.57 Å². The molecule has 0 spiro atoms. The molecule has 0 fully saturated rings. The molecule has 38 heavy (non-hydrogen) atoms. The van der Waals surface area contributed by atoms with Crippen molar-refractivity contribution in [1.82, 2.24) is 34.4 Å². The fourth-order valence-corrected chi connectivity index (χ4v) is 4.42. The third-order valence-corrected chi connectivity index (χ3v) is 6.47. The van der Waals surface area contributed by atoms with Crippen LogP contribution < -0.4 is 10.5 Å². The van der Waals surface area contributed by atoms with Gasteiger partial charge in [-0.2, -0.15) is 0 Å². The van der Waals surface area contributed by atoms with Crippen LogP contribution in [0, 0.1) is 0 Å². The number of benzene rings is 1. The molecular weight excluding hydrogens is 501 g/mol. The van der Waals surface area contributed by atoms with Crippen LogP contribution in [0.5, 0.6) is 5.75 Å². The Morgan fingerprint density at radius 3 is 2.71 bits per heavy atom. The van der Waals surface area contributed by atoms with Crippen molar-refractivity contribution in [3.8, 4) is 5.75 Å². The number of H-pyrrole nitrogens is 1. The first-order chi connectivity index (χ1) is 18.1. The lowest BCUT2D eigenvalue weighted by molar-refractivity contribution is -0.274. The summed E-state index contributed by atoms with van der Waals surface area (Å²) in [4.78, 5) is 22.6. The number of hydrogen-bond acceptors (Lipinski definition) is 8. The van der Waals surface area contributed by atoms with Crippen LogP contribution in [0.4, 0.5) is 19.0 Å². The SMILES string of the molecule is COC(CCn1cnc2c(N)ncnc21)CN(CCCCc1nc2ccc(OC(F)(F)F)cc2[nH]1)C(C)C. The van der Waals surface area contributed by atoms with Gasteiger partial charge >= 0.3 is 6.36 Å². The van der Waals surface area contributed by atoms with E-state index in [-0.39, 0.29) is 11.9 Å². The number of ether oxygens (including phenoxy) is 2. The molecule has 0 aliphatic rings. The Morgan fingerprint density at radius 1 is 1.16 bits per heavy atom. The van der Waals surface area contributed by atoms with Gasteiger partial charge in [0.15, 0.2) is 11.5 Å². The molecule has 1 aromatic carbocycles. The largest absolute Gasteiger partial charge is 0.573 e. The average Bonchev–Trinajstić information content (AvgIpc) is 3.46. The number of unbranched alkanes of at least 4 members (excludes halogenated alkanes) is 1. The molecule has 3 N–H and O–H groups in total. The van der Waals surface area contributed by atoms with E-state index in [2.05, 4.69) is 48.4 Å². The molecule has 13 heteroatoms. The molecule has 206 valence electrons. The summed E-state index contributed by atoms with van der Waals surface area (Å²) >= 11 is 0. The molecule has 1 unspecified atom stereocenters. The number of halogens is 3. The smallest absolute Gasteiger partial charge is 0.406 e. The maximum Gasteiger partial charge on any atom is 0.573 e. The Kier molecular flexibility index (Phi) is 8.67. The zero-order valence-electron chi connectivity index (χ0n) is 21.7. The summed E-state index contributed by atoms with van der Waals surface area (Å²) in [7, 11) is 1.72. The van der Waals surface area contributed by atoms with Crippen LogP contribution in [-0.2, 0) is 17.7 Å². The summed E-state index contributed by atoms with van der Waals surface area (Å²) < 4.78 is 49.2. The lowest BCUT2D eigenvalue weighted by atomic mass is 10.1. The van der Waals surface area contributed by atoms with Crippen molar-refractivity contribution in [2.24, 2.45) is 0 Å². The number of nitrogens with one attached hydrogen (secondary N) is 1. The highest BCUT2D eigenvalue weighted by atomic mass is 19.4. The predicted octanol–water partition coefficient (Wildman–Crippen LogP) is 4.32. The zero-order chi connectivity index (χ0) is 27.3. The predicted molar refractivity (Wildman–Crippen MR) is 138 cm³/mol. The lowest BCUT2D eigenvalue weighted by Crippen LogP contribution is -2.39. The van der Waals surface area contributed by atoms with E-state index in [1.165, 1.54) is 24.5 Å². The van der Waals surface area contributed by atoms with E-state index >= 15 is 0 Å². The first-order valence-electron chi connectivity index (χ1n) is 12.6. The molecule has 3 heterocycles. The Hall–Kier alpha value is -3.45. The number of aromatic amines is 1. The molecule has 0 aliphatic heterocycles. The minimum Gasteiger partial charge on any atom is -0.406 e. The maximum absolute atomic E-state index is 12.5. The van der Waals surface area contributed by atoms with Gasteiger partial charge in [0, 0.05) is 38.7 Å². The molecule has 0 saturated carbocycles. The lowest BCUT2D eigenvalue weighted by Gasteiger charge is -2.30. The van der Waals surface area contributed by atoms with Crippen molar-refractivity contribution in [2.45, 2.75) is 64.6 Å². The second kappa shape index (κ2) is 11.9. The quantitative estimate of drug-likeness (QED) is 0.243. The molecule has 0 radical (unpaired) electrons. The van der Waals surface area contributed by atoms with Crippen LogP contribution in [0.3, 0.4) is 0 Å². The minimum absolute atomic E-state index is 0.0255. The molecule has 4 aromatic rings. The van der Waals surface area contributed by atoms with E-state index in [0.29, 0.717) is 47.0 Å². The first-order valence-corrected chi connectivity index (χ1v) is 12.6. The van der Waals surface area contributed by atoms with Crippen LogP contribution in [-0.4, -0.2) is 73.1 Å². The van der Waals surface area contributed by atoms with E-state index in [4.69, 9.17) is 10.5 Å². The summed E-state index contributed by atoms with van der Waals surface area (Å²) in [6.45, 7) is 6.69. The number of fused-ring (bicyclic) bond motifs is 2. The molecule has 0 amide bonds. The molecular formula is C25H33F3N8O2. The van der Waals surface area contributed by atoms with E-state index < -0.39 is 6.36 Å². The van der Waals surface area contributed by atoms with Gasteiger partial charge in [-0.1, -0.05) is 0 Å². The summed E-state index contributed by atoms with van der Waals surface area (Å²) in [5.74, 6) is 0.844. The number of hydrogen-bond donors (Lipinski definition) is 2. The molecule has 10 nitrogen and oxygen atoms in total. The Morgan fingerprint density at radius 2 is 1.97 bits per heavy atom. The summed E-state index contributed by atoms with van der Waals surface area (Å²) in [6.07, 6.45) is 1.78. The van der Waals surface area contributed by atoms with Crippen molar-refractivity contribution < 1.29 is 22.6 Å². The zero-order valence-corrected chi connectivity index (χ0v) is 21.7. The second-order valence-corrected chi connectivity index (χ2v) is 9.47. The number of aryl methyl sites for hydroxylation is 2. The number of aromatic nitrogens is 6. The van der Waals surface area contributed by atoms with Gasteiger partial charge in [-0.15, -0.1) is 13.2 Å². The third kappa shape index (κ3) is 7.10. The van der Waals surface area contributed by atoms with Gasteiger partial charge < -0.3 is 24.8 Å². The Balaban J connectivity index is 1.26. The third-order valence-electron chi connectivity index (χ3n) is 6.47. The molecule has 0 saturated heterocycles. The molecule has 0 bridgehead atoms. The topological polar surface area (TPSA) is 120 Å². The van der Waals surface area contributed by atoms with Gasteiger partial charge in [-0.25, -0.2) is 19.9 Å². The second-order valence-electron chi connectivity index (χ2n) is 9.47. The number of alkyl halides is 3. The van der Waals surface area contributed by atoms with Crippen LogP contribution >= 0.6 is 0 Å². The van der Waals surface area contributed by atoms with Crippen molar-refractivity contribution in [2.75, 3.05) is 25.9 Å². The van der Waals surface area contributed by atoms with Crippen LogP contribution in [0.1, 0.15) is 38.9 Å². The van der Waals surface area contributed by atoms with Gasteiger partial charge in [-0.05, 0) is 51.8 Å². The summed E-state index contributed by atoms with van der Waals surface area (Å²) in [6, 6.07) is 4.45. The standard InChI is InChI=1S/C25H33F3N8O2/c1-16(2)35(13-18(37-3)9-11-36-15-32-22-23(29)30-14-31-24(22)36)10-5-4-6-21-33-19-8-7-17(12-20(19)34-21)38-25(26,27)28/h7-8,12,14-16,18H,4-6,9-11,13H2,1-3H3,(H,33,34)(H2,29,30,31). The number of nitrogens with zero attached hydrogens (tertiary/aromatic N) is 6. The fourth-order valence-electron chi connectivity index (χ4n) is 4.42. The number of methoxy groups -OCH3 is 1. The van der Waals surface area contributed by atoms with Gasteiger partial charge in [0.1, 0.15) is 23.4 Å². The molecule has 0 aliphatic carbocycles. The number of nitrogens with two attached hydrogens (primary N) is 1. The number of anilines is 1. The Bertz CT molecular complexity index is 1340. The molecule has 1 atom stereocenters. The number of nitrogen functional groups attached to an aromatic ring is 1. The van der Waals surface area contributed by atoms with Gasteiger partial charge in [-0.3, -0.25) is 4.90 Å². The van der Waals surface area contributed by atoms with Crippen LogP contribution in [0.2, 0.25) is 0 Å². The monoisotopic (exact) mass is 534 g/mol. The fraction of sp³-hybridized carbons (Fsp3) is 0.520. The average molecular weight is 535 g/mol. The Labute approximate surface area is 218 Å². The normalized spacial score (nSPS) is 13.3. The van der Waals surface area contributed by atoms with Crippen molar-refractivity contribution >= 4 is 28.0 Å². The summed E-state index contributed by atoms with van der Waals surface area (Å²) in [5, 5.41) is 0. The minimum atomic E-state index is -4.72. The summed E-state index contributed by atoms with van der Waals surface area (Å²) in [5.41, 5.74) is 8.33. The van der Waals surface area contributed by atoms with Gasteiger partial charge in [0.25, 0.3) is 0 Å². The molecule has 4 rings (SSSR count). The van der Waals surface area contributed by atoms with E-state index in [1.54, 1.807) is 13.4 Å². The van der Waals surface area contributed by atoms with Crippen LogP contribution in [0.15, 0.2) is 30.9 Å². The van der Waals surface area contributed by atoms with E-state index in [9.17, 15) is 13.2 Å². The van der Waals surface area contributed by atoms with Gasteiger partial charge in [0.2, 0.25) is 0 Å². The highest BCUT2D eigenvalue weighted by Crippen LogP contribution is 2.26. The van der Waals surface area contributed by atoms with E-state index in [0.717, 1.165) is 38.2 Å². The highest BCUT2D eigenvalue weighted by Gasteiger charge is 2.31. The van der Waals surface area contributed by atoms with Gasteiger partial charge in [0.05, 0.1) is 23.5 Å². The molecule has 3 aromatic heterocycles. The number of rotatable bonds is 13. The van der Waals surface area contributed by atoms with Crippen LogP contribution in [0.25, 0.3) is 22.2 Å². The van der Waals surface area contributed by atoms with Crippen molar-refractivity contribution in [1.29, 1.82) is 0 Å². The number of imidazole rings is 2.